The summed E-state index contributed by atoms with van der Waals surface area (Å²) < 4.78 is 0. The average Bonchev–Trinajstić information content (AvgIpc) is 2.31. The molecule has 0 unspecified atom stereocenters. The van der Waals surface area contributed by atoms with Gasteiger partial charge in [-0.05, 0) is 6.92 Å². The Labute approximate surface area is 63.1 Å². The van der Waals surface area contributed by atoms with E-state index >= 15 is 0 Å². The van der Waals surface area contributed by atoms with Crippen LogP contribution in [0.15, 0.2) is 10.6 Å². The van der Waals surface area contributed by atoms with E-state index in [1.54, 1.807) is 11.3 Å². The highest BCUT2D eigenvalue weighted by Crippen LogP contribution is 2.07. The Kier molecular flexibility index (Phi) is 2.50. The fraction of sp³-hybridized carbons (Fsp3) is 0.500. The number of rotatable bonds is 3. The van der Waals surface area contributed by atoms with Crippen molar-refractivity contribution in [2.24, 2.45) is 5.18 Å². The Bertz CT molecular complexity index is 221. The van der Waals surface area contributed by atoms with E-state index in [4.69, 9.17) is 0 Å². The van der Waals surface area contributed by atoms with Crippen LogP contribution < -0.4 is 0 Å². The molecule has 0 fully saturated rings. The molecule has 0 aliphatic heterocycles. The third-order valence-electron chi connectivity index (χ3n) is 1.13. The van der Waals surface area contributed by atoms with Gasteiger partial charge in [0.1, 0.15) is 0 Å². The van der Waals surface area contributed by atoms with Crippen molar-refractivity contribution < 1.29 is 0 Å². The second-order valence-corrected chi connectivity index (χ2v) is 3.02. The van der Waals surface area contributed by atoms with Crippen LogP contribution in [0.1, 0.15) is 10.7 Å². The van der Waals surface area contributed by atoms with Crippen molar-refractivity contribution in [2.45, 2.75) is 13.3 Å². The first-order chi connectivity index (χ1) is 4.83. The molecule has 0 saturated heterocycles. The number of nitrogens with zero attached hydrogens (tertiary/aromatic N) is 2. The van der Waals surface area contributed by atoms with E-state index in [1.807, 2.05) is 12.3 Å². The van der Waals surface area contributed by atoms with Gasteiger partial charge in [0.15, 0.2) is 0 Å². The molecule has 0 radical (unpaired) electrons. The third kappa shape index (κ3) is 1.88. The zero-order valence-corrected chi connectivity index (χ0v) is 6.52. The Morgan fingerprint density at radius 1 is 1.80 bits per heavy atom. The molecule has 0 atom stereocenters. The van der Waals surface area contributed by atoms with Crippen molar-refractivity contribution in [3.63, 3.8) is 0 Å². The molecule has 0 N–H and O–H groups in total. The average molecular weight is 156 g/mol. The monoisotopic (exact) mass is 156 g/mol. The van der Waals surface area contributed by atoms with Crippen LogP contribution >= 0.6 is 11.3 Å². The van der Waals surface area contributed by atoms with Gasteiger partial charge >= 0.3 is 0 Å². The van der Waals surface area contributed by atoms with Crippen LogP contribution in [0.4, 0.5) is 0 Å². The second kappa shape index (κ2) is 3.41. The summed E-state index contributed by atoms with van der Waals surface area (Å²) in [6.07, 6.45) is 0.674. The molecule has 3 nitrogen and oxygen atoms in total. The number of hydrogen-bond donors (Lipinski definition) is 0. The largest absolute Gasteiger partial charge is 0.247 e. The predicted octanol–water partition coefficient (Wildman–Crippen LogP) is 1.76. The first-order valence-electron chi connectivity index (χ1n) is 3.03. The molecule has 1 rings (SSSR count). The fourth-order valence-corrected chi connectivity index (χ4v) is 1.33. The highest BCUT2D eigenvalue weighted by Gasteiger charge is 1.96. The summed E-state index contributed by atoms with van der Waals surface area (Å²) in [5.41, 5.74) is 0.974. The van der Waals surface area contributed by atoms with Gasteiger partial charge < -0.3 is 0 Å². The molecule has 0 aliphatic rings. The molecule has 1 aromatic heterocycles. The van der Waals surface area contributed by atoms with Gasteiger partial charge in [-0.15, -0.1) is 11.3 Å². The summed E-state index contributed by atoms with van der Waals surface area (Å²) >= 11 is 1.60. The number of aryl methyl sites for hydroxylation is 1. The van der Waals surface area contributed by atoms with Crippen molar-refractivity contribution in [2.75, 3.05) is 6.54 Å². The third-order valence-corrected chi connectivity index (χ3v) is 1.95. The Balaban J connectivity index is 2.49. The lowest BCUT2D eigenvalue weighted by Gasteiger charge is -1.84. The molecule has 0 aromatic carbocycles. The molecule has 0 saturated carbocycles. The Hall–Kier alpha value is -0.770. The molecule has 0 bridgehead atoms. The molecule has 1 aromatic rings. The summed E-state index contributed by atoms with van der Waals surface area (Å²) in [7, 11) is 0. The molecule has 1 heterocycles. The fourth-order valence-electron chi connectivity index (χ4n) is 0.683. The number of aromatic nitrogens is 1. The van der Waals surface area contributed by atoms with Gasteiger partial charge in [0.2, 0.25) is 0 Å². The van der Waals surface area contributed by atoms with Gasteiger partial charge in [-0.1, -0.05) is 5.18 Å². The summed E-state index contributed by atoms with van der Waals surface area (Å²) in [5.74, 6) is 0. The van der Waals surface area contributed by atoms with Crippen LogP contribution in [0.5, 0.6) is 0 Å². The van der Waals surface area contributed by atoms with E-state index in [0.717, 1.165) is 10.7 Å². The minimum Gasteiger partial charge on any atom is -0.247 e. The Morgan fingerprint density at radius 2 is 2.60 bits per heavy atom. The van der Waals surface area contributed by atoms with Gasteiger partial charge in [0.05, 0.1) is 17.2 Å². The maximum Gasteiger partial charge on any atom is 0.0897 e. The quantitative estimate of drug-likeness (QED) is 0.626. The zero-order chi connectivity index (χ0) is 7.40. The van der Waals surface area contributed by atoms with E-state index in [2.05, 4.69) is 10.2 Å². The summed E-state index contributed by atoms with van der Waals surface area (Å²) in [6, 6.07) is 0. The Morgan fingerprint density at radius 3 is 3.10 bits per heavy atom. The first-order valence-corrected chi connectivity index (χ1v) is 3.91. The lowest BCUT2D eigenvalue weighted by atomic mass is 10.3. The highest BCUT2D eigenvalue weighted by molar-refractivity contribution is 7.09. The van der Waals surface area contributed by atoms with E-state index in [-0.39, 0.29) is 0 Å². The minimum atomic E-state index is 0.336. The van der Waals surface area contributed by atoms with E-state index in [9.17, 15) is 4.91 Å². The first kappa shape index (κ1) is 7.34. The van der Waals surface area contributed by atoms with Gasteiger partial charge in [-0.3, -0.25) is 0 Å². The summed E-state index contributed by atoms with van der Waals surface area (Å²) in [4.78, 5) is 13.9. The molecule has 10 heavy (non-hydrogen) atoms. The lowest BCUT2D eigenvalue weighted by molar-refractivity contribution is 0.923. The molecule has 0 amide bonds. The highest BCUT2D eigenvalue weighted by atomic mass is 32.1. The SMILES string of the molecule is Cc1nc(CCN=O)cs1. The number of hydrogen-bond acceptors (Lipinski definition) is 4. The second-order valence-electron chi connectivity index (χ2n) is 1.96. The van der Waals surface area contributed by atoms with Gasteiger partial charge in [-0.25, -0.2) is 4.98 Å². The molecular weight excluding hydrogens is 148 g/mol. The van der Waals surface area contributed by atoms with Gasteiger partial charge in [0, 0.05) is 11.8 Å². The topological polar surface area (TPSA) is 42.3 Å². The van der Waals surface area contributed by atoms with Gasteiger partial charge in [-0.2, -0.15) is 4.91 Å². The summed E-state index contributed by atoms with van der Waals surface area (Å²) in [6.45, 7) is 2.28. The van der Waals surface area contributed by atoms with Crippen LogP contribution in [0.25, 0.3) is 0 Å². The van der Waals surface area contributed by atoms with E-state index < -0.39 is 0 Å². The van der Waals surface area contributed by atoms with Crippen LogP contribution in [0.3, 0.4) is 0 Å². The van der Waals surface area contributed by atoms with Crippen molar-refractivity contribution in [1.82, 2.24) is 4.98 Å². The maximum atomic E-state index is 9.71. The maximum absolute atomic E-state index is 9.71. The zero-order valence-electron chi connectivity index (χ0n) is 5.70. The van der Waals surface area contributed by atoms with Crippen LogP contribution in [0.2, 0.25) is 0 Å². The van der Waals surface area contributed by atoms with Gasteiger partial charge in [0.25, 0.3) is 0 Å². The molecular formula is C6H8N2OS. The smallest absolute Gasteiger partial charge is 0.0897 e. The predicted molar refractivity (Wildman–Crippen MR) is 41.2 cm³/mol. The van der Waals surface area contributed by atoms with Crippen molar-refractivity contribution in [1.29, 1.82) is 0 Å². The van der Waals surface area contributed by atoms with Crippen molar-refractivity contribution in [3.05, 3.63) is 21.0 Å². The number of nitroso groups, excluding NO2 is 1. The molecule has 0 spiro atoms. The van der Waals surface area contributed by atoms with Crippen LogP contribution in [-0.4, -0.2) is 11.5 Å². The number of thiazole rings is 1. The summed E-state index contributed by atoms with van der Waals surface area (Å²) in [5, 5.41) is 5.76. The molecule has 0 aliphatic carbocycles. The van der Waals surface area contributed by atoms with Crippen molar-refractivity contribution >= 4 is 11.3 Å². The molecule has 4 heteroatoms. The minimum absolute atomic E-state index is 0.336. The van der Waals surface area contributed by atoms with Crippen molar-refractivity contribution in [3.8, 4) is 0 Å². The van der Waals surface area contributed by atoms with E-state index in [0.29, 0.717) is 13.0 Å². The standard InChI is InChI=1S/C6H8N2OS/c1-5-8-6(4-10-5)2-3-7-9/h4H,2-3H2,1H3. The molecule has 54 valence electrons. The van der Waals surface area contributed by atoms with Crippen LogP contribution in [0, 0.1) is 11.8 Å². The normalized spacial score (nSPS) is 9.70. The van der Waals surface area contributed by atoms with Crippen LogP contribution in [-0.2, 0) is 6.42 Å². The lowest BCUT2D eigenvalue weighted by Crippen LogP contribution is -1.87. The van der Waals surface area contributed by atoms with E-state index in [1.165, 1.54) is 0 Å².